The van der Waals surface area contributed by atoms with E-state index in [-0.39, 0.29) is 17.2 Å². The van der Waals surface area contributed by atoms with Crippen molar-refractivity contribution in [3.63, 3.8) is 0 Å². The van der Waals surface area contributed by atoms with Crippen LogP contribution in [-0.4, -0.2) is 10.5 Å². The summed E-state index contributed by atoms with van der Waals surface area (Å²) in [7, 11) is 0. The van der Waals surface area contributed by atoms with Crippen LogP contribution < -0.4 is 10.7 Å². The van der Waals surface area contributed by atoms with Gasteiger partial charge >= 0.3 is 0 Å². The molecule has 4 nitrogen and oxygen atoms in total. The lowest BCUT2D eigenvalue weighted by Crippen LogP contribution is -2.15. The summed E-state index contributed by atoms with van der Waals surface area (Å²) >= 11 is 0. The molecule has 2 aromatic carbocycles. The maximum absolute atomic E-state index is 12.9. The molecule has 0 saturated carbocycles. The molecule has 1 heterocycles. The first-order valence-corrected chi connectivity index (χ1v) is 7.70. The van der Waals surface area contributed by atoms with Crippen molar-refractivity contribution in [1.82, 2.24) is 4.57 Å². The monoisotopic (exact) mass is 324 g/mol. The Bertz CT molecular complexity index is 975. The Morgan fingerprint density at radius 1 is 1.12 bits per heavy atom. The van der Waals surface area contributed by atoms with Gasteiger partial charge in [0, 0.05) is 34.9 Å². The molecule has 0 aliphatic heterocycles. The number of anilines is 1. The maximum Gasteiger partial charge on any atom is 0.255 e. The number of halogens is 1. The van der Waals surface area contributed by atoms with Gasteiger partial charge in [0.2, 0.25) is 0 Å². The summed E-state index contributed by atoms with van der Waals surface area (Å²) in [5.74, 6) is -0.708. The molecule has 122 valence electrons. The summed E-state index contributed by atoms with van der Waals surface area (Å²) in [5, 5.41) is 3.20. The standard InChI is InChI=1S/C19H17FN2O2/c1-3-22-12(2)10-18(23)16-11-13(4-9-17(16)22)19(24)21-15-7-5-14(20)6-8-15/h4-11H,3H2,1-2H3,(H,21,24). The zero-order valence-electron chi connectivity index (χ0n) is 13.5. The Labute approximate surface area is 138 Å². The highest BCUT2D eigenvalue weighted by molar-refractivity contribution is 6.06. The summed E-state index contributed by atoms with van der Waals surface area (Å²) in [5.41, 5.74) is 2.47. The quantitative estimate of drug-likeness (QED) is 0.798. The second-order valence-electron chi connectivity index (χ2n) is 5.59. The molecule has 0 bridgehead atoms. The van der Waals surface area contributed by atoms with E-state index in [1.165, 1.54) is 24.3 Å². The fourth-order valence-corrected chi connectivity index (χ4v) is 2.80. The molecular weight excluding hydrogens is 307 g/mol. The number of aryl methyl sites for hydroxylation is 2. The van der Waals surface area contributed by atoms with Crippen LogP contribution in [-0.2, 0) is 6.54 Å². The lowest BCUT2D eigenvalue weighted by molar-refractivity contribution is 0.102. The Hall–Kier alpha value is -2.95. The number of fused-ring (bicyclic) bond motifs is 1. The van der Waals surface area contributed by atoms with Gasteiger partial charge in [-0.3, -0.25) is 9.59 Å². The second-order valence-corrected chi connectivity index (χ2v) is 5.59. The van der Waals surface area contributed by atoms with Crippen LogP contribution in [0.15, 0.2) is 53.3 Å². The summed E-state index contributed by atoms with van der Waals surface area (Å²) in [6, 6.07) is 12.2. The van der Waals surface area contributed by atoms with Crippen LogP contribution in [0, 0.1) is 12.7 Å². The average molecular weight is 324 g/mol. The van der Waals surface area contributed by atoms with E-state index in [1.54, 1.807) is 24.3 Å². The van der Waals surface area contributed by atoms with Crippen molar-refractivity contribution in [3.05, 3.63) is 75.8 Å². The van der Waals surface area contributed by atoms with E-state index in [2.05, 4.69) is 5.32 Å². The first kappa shape index (κ1) is 15.9. The van der Waals surface area contributed by atoms with Gasteiger partial charge < -0.3 is 9.88 Å². The number of benzene rings is 2. The number of nitrogens with zero attached hydrogens (tertiary/aromatic N) is 1. The summed E-state index contributed by atoms with van der Waals surface area (Å²) in [6.07, 6.45) is 0. The molecule has 0 saturated heterocycles. The van der Waals surface area contributed by atoms with Crippen molar-refractivity contribution >= 4 is 22.5 Å². The molecule has 3 aromatic rings. The highest BCUT2D eigenvalue weighted by Gasteiger charge is 2.11. The van der Waals surface area contributed by atoms with Gasteiger partial charge in [-0.15, -0.1) is 0 Å². The molecule has 0 aliphatic rings. The Morgan fingerprint density at radius 3 is 2.50 bits per heavy atom. The van der Waals surface area contributed by atoms with Crippen molar-refractivity contribution < 1.29 is 9.18 Å². The smallest absolute Gasteiger partial charge is 0.255 e. The lowest BCUT2D eigenvalue weighted by atomic mass is 10.1. The third-order valence-electron chi connectivity index (χ3n) is 4.00. The zero-order valence-corrected chi connectivity index (χ0v) is 13.5. The van der Waals surface area contributed by atoms with E-state index in [9.17, 15) is 14.0 Å². The molecular formula is C19H17FN2O2. The Kier molecular flexibility index (Phi) is 4.16. The van der Waals surface area contributed by atoms with E-state index in [0.29, 0.717) is 16.6 Å². The van der Waals surface area contributed by atoms with Crippen molar-refractivity contribution in [3.8, 4) is 0 Å². The molecule has 0 radical (unpaired) electrons. The van der Waals surface area contributed by atoms with Crippen LogP contribution in [0.3, 0.4) is 0 Å². The normalized spacial score (nSPS) is 10.8. The lowest BCUT2D eigenvalue weighted by Gasteiger charge is -2.13. The molecule has 5 heteroatoms. The van der Waals surface area contributed by atoms with Gasteiger partial charge in [-0.25, -0.2) is 4.39 Å². The van der Waals surface area contributed by atoms with Crippen molar-refractivity contribution in [2.24, 2.45) is 0 Å². The summed E-state index contributed by atoms with van der Waals surface area (Å²) < 4.78 is 14.9. The van der Waals surface area contributed by atoms with Gasteiger partial charge in [-0.1, -0.05) is 0 Å². The number of hydrogen-bond donors (Lipinski definition) is 1. The van der Waals surface area contributed by atoms with Gasteiger partial charge in [-0.2, -0.15) is 0 Å². The van der Waals surface area contributed by atoms with Crippen LogP contribution in [0.2, 0.25) is 0 Å². The number of rotatable bonds is 3. The van der Waals surface area contributed by atoms with Crippen LogP contribution in [0.5, 0.6) is 0 Å². The molecule has 24 heavy (non-hydrogen) atoms. The minimum Gasteiger partial charge on any atom is -0.345 e. The fraction of sp³-hybridized carbons (Fsp3) is 0.158. The average Bonchev–Trinajstić information content (AvgIpc) is 2.57. The number of aromatic nitrogens is 1. The van der Waals surface area contributed by atoms with Gasteiger partial charge in [-0.05, 0) is 56.3 Å². The number of nitrogens with one attached hydrogen (secondary N) is 1. The first-order valence-electron chi connectivity index (χ1n) is 7.70. The predicted octanol–water partition coefficient (Wildman–Crippen LogP) is 3.72. The van der Waals surface area contributed by atoms with Crippen molar-refractivity contribution in [2.75, 3.05) is 5.32 Å². The van der Waals surface area contributed by atoms with Gasteiger partial charge in [0.05, 0.1) is 5.52 Å². The zero-order chi connectivity index (χ0) is 17.3. The Balaban J connectivity index is 2.00. The Morgan fingerprint density at radius 2 is 1.83 bits per heavy atom. The van der Waals surface area contributed by atoms with Gasteiger partial charge in [0.25, 0.3) is 5.91 Å². The molecule has 0 unspecified atom stereocenters. The highest BCUT2D eigenvalue weighted by Crippen LogP contribution is 2.17. The summed E-state index contributed by atoms with van der Waals surface area (Å²) in [6.45, 7) is 4.63. The number of carbonyl (C=O) groups excluding carboxylic acids is 1. The van der Waals surface area contributed by atoms with E-state index in [1.807, 2.05) is 18.4 Å². The number of amides is 1. The minimum atomic E-state index is -0.366. The maximum atomic E-state index is 12.9. The predicted molar refractivity (Wildman–Crippen MR) is 93.0 cm³/mol. The van der Waals surface area contributed by atoms with E-state index in [4.69, 9.17) is 0 Å². The second kappa shape index (κ2) is 6.28. The topological polar surface area (TPSA) is 51.1 Å². The molecule has 0 spiro atoms. The van der Waals surface area contributed by atoms with Crippen LogP contribution >= 0.6 is 0 Å². The van der Waals surface area contributed by atoms with Crippen molar-refractivity contribution in [2.45, 2.75) is 20.4 Å². The molecule has 1 N–H and O–H groups in total. The molecule has 1 aromatic heterocycles. The van der Waals surface area contributed by atoms with E-state index >= 15 is 0 Å². The number of pyridine rings is 1. The SMILES string of the molecule is CCn1c(C)cc(=O)c2cc(C(=O)Nc3ccc(F)cc3)ccc21. The minimum absolute atomic E-state index is 0.108. The van der Waals surface area contributed by atoms with Gasteiger partial charge in [0.1, 0.15) is 5.82 Å². The van der Waals surface area contributed by atoms with Crippen LogP contribution in [0.25, 0.3) is 10.9 Å². The highest BCUT2D eigenvalue weighted by atomic mass is 19.1. The third-order valence-corrected chi connectivity index (χ3v) is 4.00. The molecule has 0 fully saturated rings. The number of hydrogen-bond acceptors (Lipinski definition) is 2. The third kappa shape index (κ3) is 2.93. The van der Waals surface area contributed by atoms with Crippen LogP contribution in [0.1, 0.15) is 23.0 Å². The number of carbonyl (C=O) groups is 1. The van der Waals surface area contributed by atoms with Crippen molar-refractivity contribution in [1.29, 1.82) is 0 Å². The largest absolute Gasteiger partial charge is 0.345 e. The molecule has 0 atom stereocenters. The van der Waals surface area contributed by atoms with Gasteiger partial charge in [0.15, 0.2) is 5.43 Å². The van der Waals surface area contributed by atoms with E-state index < -0.39 is 0 Å². The molecule has 0 aliphatic carbocycles. The van der Waals surface area contributed by atoms with E-state index in [0.717, 1.165) is 17.8 Å². The molecule has 3 rings (SSSR count). The summed E-state index contributed by atoms with van der Waals surface area (Å²) in [4.78, 5) is 24.6. The molecule has 1 amide bonds. The van der Waals surface area contributed by atoms with Crippen LogP contribution in [0.4, 0.5) is 10.1 Å². The fourth-order valence-electron chi connectivity index (χ4n) is 2.80. The first-order chi connectivity index (χ1) is 11.5.